The highest BCUT2D eigenvalue weighted by Gasteiger charge is 2.59. The van der Waals surface area contributed by atoms with Crippen LogP contribution >= 0.6 is 0 Å². The summed E-state index contributed by atoms with van der Waals surface area (Å²) in [5, 5.41) is 0. The largest absolute Gasteiger partial charge is 0.478 e. The smallest absolute Gasteiger partial charge is 0.215 e. The molecule has 2 aliphatic heterocycles. The van der Waals surface area contributed by atoms with Gasteiger partial charge < -0.3 is 9.47 Å². The molecular weight excluding hydrogens is 282 g/mol. The van der Waals surface area contributed by atoms with E-state index in [4.69, 9.17) is 9.47 Å². The van der Waals surface area contributed by atoms with Crippen LogP contribution in [0.4, 0.5) is 0 Å². The molecule has 2 heterocycles. The normalized spacial score (nSPS) is 28.4. The summed E-state index contributed by atoms with van der Waals surface area (Å²) in [6.45, 7) is 4.55. The van der Waals surface area contributed by atoms with E-state index >= 15 is 0 Å². The number of aliphatic imine (C=N–C) groups is 1. The van der Waals surface area contributed by atoms with Gasteiger partial charge in [-0.15, -0.1) is 0 Å². The molecule has 2 atom stereocenters. The molecule has 0 aromatic carbocycles. The Balaban J connectivity index is 2.05. The number of hydrogen-bond acceptors (Lipinski definition) is 5. The van der Waals surface area contributed by atoms with E-state index in [1.807, 2.05) is 0 Å². The standard InChI is InChI=1S/C17H17NO4/c1-11(5-8-21-2)15(20)17-6-9-22-16-14(17)12(10-13(17)19)4-3-7-18-16/h7,12H,1,5-6,8-10H2,2H3. The Morgan fingerprint density at radius 3 is 3.23 bits per heavy atom. The average molecular weight is 299 g/mol. The summed E-state index contributed by atoms with van der Waals surface area (Å²) >= 11 is 0. The Morgan fingerprint density at radius 1 is 1.64 bits per heavy atom. The SMILES string of the molecule is C=C(CCOC)C(=O)C12CCOC3=C1C(C#CC=N3)CC2=O. The molecule has 5 heteroatoms. The van der Waals surface area contributed by atoms with Gasteiger partial charge in [0.15, 0.2) is 11.6 Å². The number of allylic oxidation sites excluding steroid dienone is 1. The minimum atomic E-state index is -1.18. The number of hydrogen-bond donors (Lipinski definition) is 0. The van der Waals surface area contributed by atoms with Gasteiger partial charge in [-0.2, -0.15) is 0 Å². The van der Waals surface area contributed by atoms with Crippen molar-refractivity contribution < 1.29 is 19.1 Å². The fourth-order valence-electron chi connectivity index (χ4n) is 3.36. The highest BCUT2D eigenvalue weighted by Crippen LogP contribution is 2.52. The second-order valence-corrected chi connectivity index (χ2v) is 5.62. The van der Waals surface area contributed by atoms with E-state index in [1.165, 1.54) is 6.21 Å². The lowest BCUT2D eigenvalue weighted by Crippen LogP contribution is -2.42. The van der Waals surface area contributed by atoms with E-state index < -0.39 is 5.41 Å². The highest BCUT2D eigenvalue weighted by molar-refractivity contribution is 6.18. The number of carbonyl (C=O) groups is 2. The lowest BCUT2D eigenvalue weighted by molar-refractivity contribution is -0.136. The Morgan fingerprint density at radius 2 is 2.45 bits per heavy atom. The van der Waals surface area contributed by atoms with Gasteiger partial charge in [-0.1, -0.05) is 18.4 Å². The molecule has 3 rings (SSSR count). The van der Waals surface area contributed by atoms with Crippen molar-refractivity contribution in [1.82, 2.24) is 0 Å². The third-order valence-electron chi connectivity index (χ3n) is 4.44. The van der Waals surface area contributed by atoms with Crippen LogP contribution in [0.5, 0.6) is 0 Å². The summed E-state index contributed by atoms with van der Waals surface area (Å²) < 4.78 is 10.6. The summed E-state index contributed by atoms with van der Waals surface area (Å²) in [5.74, 6) is 5.56. The van der Waals surface area contributed by atoms with Crippen molar-refractivity contribution >= 4 is 17.8 Å². The van der Waals surface area contributed by atoms with E-state index in [9.17, 15) is 9.59 Å². The molecule has 0 spiro atoms. The predicted octanol–water partition coefficient (Wildman–Crippen LogP) is 1.44. The van der Waals surface area contributed by atoms with Gasteiger partial charge in [-0.05, 0) is 12.0 Å². The first-order valence-electron chi connectivity index (χ1n) is 7.27. The molecule has 0 aromatic heterocycles. The topological polar surface area (TPSA) is 65.0 Å². The van der Waals surface area contributed by atoms with Crippen LogP contribution in [0.25, 0.3) is 0 Å². The van der Waals surface area contributed by atoms with Crippen molar-refractivity contribution in [2.45, 2.75) is 19.3 Å². The number of ketones is 2. The van der Waals surface area contributed by atoms with Gasteiger partial charge in [0.25, 0.3) is 0 Å². The van der Waals surface area contributed by atoms with E-state index in [1.54, 1.807) is 7.11 Å². The Labute approximate surface area is 129 Å². The van der Waals surface area contributed by atoms with Crippen LogP contribution < -0.4 is 0 Å². The summed E-state index contributed by atoms with van der Waals surface area (Å²) in [6, 6.07) is 0. The highest BCUT2D eigenvalue weighted by atomic mass is 16.5. The van der Waals surface area contributed by atoms with E-state index in [0.717, 1.165) is 0 Å². The van der Waals surface area contributed by atoms with Crippen molar-refractivity contribution in [2.75, 3.05) is 20.3 Å². The van der Waals surface area contributed by atoms with Crippen LogP contribution in [-0.4, -0.2) is 38.1 Å². The second kappa shape index (κ2) is 5.54. The van der Waals surface area contributed by atoms with Crippen molar-refractivity contribution in [3.05, 3.63) is 23.6 Å². The molecule has 1 fully saturated rings. The molecule has 1 saturated carbocycles. The van der Waals surface area contributed by atoms with Crippen LogP contribution in [0.15, 0.2) is 28.6 Å². The van der Waals surface area contributed by atoms with Crippen molar-refractivity contribution in [3.63, 3.8) is 0 Å². The van der Waals surface area contributed by atoms with Crippen LogP contribution in [0.2, 0.25) is 0 Å². The fraction of sp³-hybridized carbons (Fsp3) is 0.471. The predicted molar refractivity (Wildman–Crippen MR) is 80.1 cm³/mol. The molecule has 0 bridgehead atoms. The number of nitrogens with zero attached hydrogens (tertiary/aromatic N) is 1. The Kier molecular flexibility index (Phi) is 3.71. The Bertz CT molecular complexity index is 677. The van der Waals surface area contributed by atoms with Crippen LogP contribution in [-0.2, 0) is 19.1 Å². The molecule has 0 saturated heterocycles. The maximum atomic E-state index is 13.0. The molecular formula is C17H17NO4. The third-order valence-corrected chi connectivity index (χ3v) is 4.44. The maximum Gasteiger partial charge on any atom is 0.215 e. The van der Waals surface area contributed by atoms with Gasteiger partial charge in [0.05, 0.1) is 25.3 Å². The molecule has 2 unspecified atom stereocenters. The first-order chi connectivity index (χ1) is 10.6. The van der Waals surface area contributed by atoms with Gasteiger partial charge in [0.1, 0.15) is 5.41 Å². The lowest BCUT2D eigenvalue weighted by Gasteiger charge is -2.33. The quantitative estimate of drug-likeness (QED) is 0.438. The number of ether oxygens (including phenoxy) is 2. The molecule has 0 aromatic rings. The zero-order chi connectivity index (χ0) is 15.7. The zero-order valence-electron chi connectivity index (χ0n) is 12.5. The summed E-state index contributed by atoms with van der Waals surface area (Å²) in [7, 11) is 1.57. The first kappa shape index (κ1) is 14.7. The van der Waals surface area contributed by atoms with Crippen LogP contribution in [0, 0.1) is 23.2 Å². The molecule has 5 nitrogen and oxygen atoms in total. The zero-order valence-corrected chi connectivity index (χ0v) is 12.5. The lowest BCUT2D eigenvalue weighted by atomic mass is 9.70. The molecule has 22 heavy (non-hydrogen) atoms. The molecule has 1 aliphatic carbocycles. The molecule has 0 radical (unpaired) electrons. The molecule has 3 aliphatic rings. The first-order valence-corrected chi connectivity index (χ1v) is 7.27. The van der Waals surface area contributed by atoms with Gasteiger partial charge in [-0.25, -0.2) is 4.99 Å². The van der Waals surface area contributed by atoms with Gasteiger partial charge in [0.2, 0.25) is 5.88 Å². The van der Waals surface area contributed by atoms with E-state index in [-0.39, 0.29) is 30.5 Å². The van der Waals surface area contributed by atoms with Crippen molar-refractivity contribution in [1.29, 1.82) is 0 Å². The van der Waals surface area contributed by atoms with Gasteiger partial charge >= 0.3 is 0 Å². The molecule has 114 valence electrons. The number of methoxy groups -OCH3 is 1. The van der Waals surface area contributed by atoms with Crippen molar-refractivity contribution in [2.24, 2.45) is 16.3 Å². The van der Waals surface area contributed by atoms with E-state index in [0.29, 0.717) is 36.5 Å². The van der Waals surface area contributed by atoms with Gasteiger partial charge in [-0.3, -0.25) is 9.59 Å². The third kappa shape index (κ3) is 2.03. The molecule has 0 N–H and O–H groups in total. The number of Topliss-reactive ketones (excluding diaryl/α,β-unsaturated/α-hetero) is 2. The molecule has 0 amide bonds. The summed E-state index contributed by atoms with van der Waals surface area (Å²) in [6.07, 6.45) is 2.45. The van der Waals surface area contributed by atoms with Crippen molar-refractivity contribution in [3.8, 4) is 11.8 Å². The average Bonchev–Trinajstić information content (AvgIpc) is 2.68. The minimum Gasteiger partial charge on any atom is -0.478 e. The maximum absolute atomic E-state index is 13.0. The van der Waals surface area contributed by atoms with E-state index in [2.05, 4.69) is 23.4 Å². The second-order valence-electron chi connectivity index (χ2n) is 5.62. The number of rotatable bonds is 5. The fourth-order valence-corrected chi connectivity index (χ4v) is 3.36. The van der Waals surface area contributed by atoms with Crippen LogP contribution in [0.3, 0.4) is 0 Å². The monoisotopic (exact) mass is 299 g/mol. The number of carbonyl (C=O) groups excluding carboxylic acids is 2. The van der Waals surface area contributed by atoms with Gasteiger partial charge in [0, 0.05) is 25.5 Å². The Hall–Kier alpha value is -2.19. The summed E-state index contributed by atoms with van der Waals surface area (Å²) in [4.78, 5) is 29.9. The summed E-state index contributed by atoms with van der Waals surface area (Å²) in [5.41, 5.74) is -0.140. The van der Waals surface area contributed by atoms with Crippen LogP contribution in [0.1, 0.15) is 19.3 Å². The minimum absolute atomic E-state index is 0.0942.